The molecule has 30 heavy (non-hydrogen) atoms. The van der Waals surface area contributed by atoms with Crippen LogP contribution in [-0.2, 0) is 9.59 Å². The Balaban J connectivity index is 2.57. The number of hydrogen-bond acceptors (Lipinski definition) is 4. The number of carbonyl (C=O) groups excluding carboxylic acids is 1. The maximum atomic E-state index is 11.6. The van der Waals surface area contributed by atoms with Crippen LogP contribution >= 0.6 is 0 Å². The maximum absolute atomic E-state index is 11.6. The SMILES string of the molecule is CCCCCCC=C[C@@H]1[C@H](CCCCC(C)(C)C(O)(O)C(=O)O)CC[C@H]1NC(C)=O. The highest BCUT2D eigenvalue weighted by Gasteiger charge is 2.48. The molecule has 0 bridgehead atoms. The Morgan fingerprint density at radius 3 is 2.37 bits per heavy atom. The van der Waals surface area contributed by atoms with Gasteiger partial charge in [0.25, 0.3) is 5.79 Å². The number of aliphatic carboxylic acids is 1. The first-order valence-corrected chi connectivity index (χ1v) is 11.6. The zero-order valence-corrected chi connectivity index (χ0v) is 19.3. The quantitative estimate of drug-likeness (QED) is 0.187. The number of aliphatic hydroxyl groups is 2. The van der Waals surface area contributed by atoms with Crippen LogP contribution < -0.4 is 5.32 Å². The first-order valence-electron chi connectivity index (χ1n) is 11.6. The Morgan fingerprint density at radius 2 is 1.77 bits per heavy atom. The van der Waals surface area contributed by atoms with Crippen molar-refractivity contribution in [3.05, 3.63) is 12.2 Å². The largest absolute Gasteiger partial charge is 0.477 e. The topological polar surface area (TPSA) is 107 Å². The number of allylic oxidation sites excluding steroid dienone is 1. The number of rotatable bonds is 14. The summed E-state index contributed by atoms with van der Waals surface area (Å²) in [5.74, 6) is -3.49. The summed E-state index contributed by atoms with van der Waals surface area (Å²) in [6.45, 7) is 6.93. The molecule has 3 atom stereocenters. The third kappa shape index (κ3) is 8.03. The summed E-state index contributed by atoms with van der Waals surface area (Å²) >= 11 is 0. The molecule has 0 heterocycles. The Kier molecular flexibility index (Phi) is 11.1. The smallest absolute Gasteiger partial charge is 0.364 e. The molecule has 1 aliphatic rings. The fourth-order valence-electron chi connectivity index (χ4n) is 4.54. The molecule has 1 saturated carbocycles. The van der Waals surface area contributed by atoms with E-state index in [2.05, 4.69) is 24.4 Å². The number of carboxylic acids is 1. The van der Waals surface area contributed by atoms with E-state index in [0.29, 0.717) is 18.3 Å². The molecular weight excluding hydrogens is 382 g/mol. The summed E-state index contributed by atoms with van der Waals surface area (Å²) in [5, 5.41) is 31.9. The van der Waals surface area contributed by atoms with Crippen molar-refractivity contribution < 1.29 is 24.9 Å². The molecule has 0 unspecified atom stereocenters. The molecule has 0 aliphatic heterocycles. The van der Waals surface area contributed by atoms with Gasteiger partial charge >= 0.3 is 5.97 Å². The summed E-state index contributed by atoms with van der Waals surface area (Å²) in [5.41, 5.74) is -1.12. The maximum Gasteiger partial charge on any atom is 0.364 e. The van der Waals surface area contributed by atoms with Crippen molar-refractivity contribution in [3.8, 4) is 0 Å². The molecule has 174 valence electrons. The van der Waals surface area contributed by atoms with Crippen molar-refractivity contribution in [1.82, 2.24) is 5.32 Å². The van der Waals surface area contributed by atoms with Crippen molar-refractivity contribution in [2.24, 2.45) is 17.3 Å². The van der Waals surface area contributed by atoms with E-state index < -0.39 is 17.2 Å². The lowest BCUT2D eigenvalue weighted by atomic mass is 9.78. The normalized spacial score (nSPS) is 22.5. The summed E-state index contributed by atoms with van der Waals surface area (Å²) < 4.78 is 0. The van der Waals surface area contributed by atoms with E-state index in [0.717, 1.165) is 38.5 Å². The zero-order valence-electron chi connectivity index (χ0n) is 19.3. The molecule has 0 spiro atoms. The van der Waals surface area contributed by atoms with Crippen LogP contribution in [0.5, 0.6) is 0 Å². The van der Waals surface area contributed by atoms with Gasteiger partial charge in [-0.05, 0) is 50.4 Å². The van der Waals surface area contributed by atoms with Crippen LogP contribution in [0.25, 0.3) is 0 Å². The Labute approximate surface area is 182 Å². The van der Waals surface area contributed by atoms with Crippen LogP contribution in [0.2, 0.25) is 0 Å². The van der Waals surface area contributed by atoms with Crippen molar-refractivity contribution in [2.75, 3.05) is 0 Å². The average molecular weight is 426 g/mol. The first-order chi connectivity index (χ1) is 14.0. The molecule has 1 aliphatic carbocycles. The fourth-order valence-corrected chi connectivity index (χ4v) is 4.54. The fraction of sp³-hybridized carbons (Fsp3) is 0.833. The standard InChI is InChI=1S/C24H43NO5/c1-5-6-7-8-9-10-14-20-19(15-16-21(20)25-18(2)26)13-11-12-17-23(3,4)24(29,30)22(27)28/h10,14,19-21,29-30H,5-9,11-13,15-17H2,1-4H3,(H,25,26)(H,27,28)/t19-,20-,21-/m1/s1. The van der Waals surface area contributed by atoms with Gasteiger partial charge in [-0.25, -0.2) is 4.79 Å². The number of nitrogens with one attached hydrogen (secondary N) is 1. The highest BCUT2D eigenvalue weighted by atomic mass is 16.5. The van der Waals surface area contributed by atoms with Gasteiger partial charge in [0.05, 0.1) is 0 Å². The minimum atomic E-state index is -2.72. The van der Waals surface area contributed by atoms with Crippen LogP contribution in [0.3, 0.4) is 0 Å². The Morgan fingerprint density at radius 1 is 1.07 bits per heavy atom. The van der Waals surface area contributed by atoms with Crippen molar-refractivity contribution in [1.29, 1.82) is 0 Å². The number of carboxylic acid groups (broad SMARTS) is 1. The predicted molar refractivity (Wildman–Crippen MR) is 119 cm³/mol. The molecular formula is C24H43NO5. The van der Waals surface area contributed by atoms with E-state index in [1.807, 2.05) is 0 Å². The van der Waals surface area contributed by atoms with Gasteiger partial charge in [-0.2, -0.15) is 0 Å². The van der Waals surface area contributed by atoms with Crippen LogP contribution in [0, 0.1) is 17.3 Å². The van der Waals surface area contributed by atoms with Crippen LogP contribution in [0.15, 0.2) is 12.2 Å². The van der Waals surface area contributed by atoms with Gasteiger partial charge in [-0.1, -0.05) is 65.0 Å². The molecule has 6 nitrogen and oxygen atoms in total. The van der Waals surface area contributed by atoms with Crippen molar-refractivity contribution in [2.45, 2.75) is 110 Å². The summed E-state index contributed by atoms with van der Waals surface area (Å²) in [6, 6.07) is 0.186. The highest BCUT2D eigenvalue weighted by Crippen LogP contribution is 2.39. The number of amides is 1. The Bertz CT molecular complexity index is 570. The highest BCUT2D eigenvalue weighted by molar-refractivity contribution is 5.76. The first kappa shape index (κ1) is 26.6. The van der Waals surface area contributed by atoms with Gasteiger partial charge in [-0.3, -0.25) is 4.79 Å². The molecule has 0 aromatic carbocycles. The number of unbranched alkanes of at least 4 members (excludes halogenated alkanes) is 5. The summed E-state index contributed by atoms with van der Waals surface area (Å²) in [4.78, 5) is 22.7. The van der Waals surface area contributed by atoms with Gasteiger partial charge < -0.3 is 20.6 Å². The monoisotopic (exact) mass is 425 g/mol. The molecule has 0 saturated heterocycles. The van der Waals surface area contributed by atoms with E-state index in [4.69, 9.17) is 5.11 Å². The molecule has 0 radical (unpaired) electrons. The minimum Gasteiger partial charge on any atom is -0.477 e. The van der Waals surface area contributed by atoms with Crippen molar-refractivity contribution >= 4 is 11.9 Å². The van der Waals surface area contributed by atoms with Gasteiger partial charge in [0.1, 0.15) is 0 Å². The van der Waals surface area contributed by atoms with E-state index >= 15 is 0 Å². The average Bonchev–Trinajstić information content (AvgIpc) is 3.02. The van der Waals surface area contributed by atoms with Crippen LogP contribution in [0.1, 0.15) is 98.3 Å². The zero-order chi connectivity index (χ0) is 22.8. The van der Waals surface area contributed by atoms with E-state index in [9.17, 15) is 19.8 Å². The lowest BCUT2D eigenvalue weighted by molar-refractivity contribution is -0.243. The minimum absolute atomic E-state index is 0.0136. The Hall–Kier alpha value is -1.40. The number of hydrogen-bond donors (Lipinski definition) is 4. The van der Waals surface area contributed by atoms with Gasteiger partial charge in [0.2, 0.25) is 5.91 Å². The second-order valence-corrected chi connectivity index (χ2v) is 9.61. The lowest BCUT2D eigenvalue weighted by Crippen LogP contribution is -2.51. The predicted octanol–water partition coefficient (Wildman–Crippen LogP) is 4.40. The molecule has 1 rings (SSSR count). The molecule has 0 aromatic heterocycles. The van der Waals surface area contributed by atoms with Gasteiger partial charge in [-0.15, -0.1) is 0 Å². The number of carbonyl (C=O) groups is 2. The third-order valence-corrected chi connectivity index (χ3v) is 6.70. The molecule has 4 N–H and O–H groups in total. The summed E-state index contributed by atoms with van der Waals surface area (Å²) in [6.07, 6.45) is 15.7. The second-order valence-electron chi connectivity index (χ2n) is 9.61. The van der Waals surface area contributed by atoms with Crippen LogP contribution in [-0.4, -0.2) is 39.0 Å². The van der Waals surface area contributed by atoms with Crippen LogP contribution in [0.4, 0.5) is 0 Å². The molecule has 1 fully saturated rings. The molecule has 1 amide bonds. The third-order valence-electron chi connectivity index (χ3n) is 6.70. The van der Waals surface area contributed by atoms with E-state index in [1.165, 1.54) is 25.7 Å². The van der Waals surface area contributed by atoms with E-state index in [-0.39, 0.29) is 11.9 Å². The van der Waals surface area contributed by atoms with Gasteiger partial charge in [0.15, 0.2) is 0 Å². The van der Waals surface area contributed by atoms with E-state index in [1.54, 1.807) is 20.8 Å². The van der Waals surface area contributed by atoms with Gasteiger partial charge in [0, 0.05) is 18.4 Å². The molecule has 6 heteroatoms. The lowest BCUT2D eigenvalue weighted by Gasteiger charge is -2.34. The summed E-state index contributed by atoms with van der Waals surface area (Å²) in [7, 11) is 0. The second kappa shape index (κ2) is 12.5. The van der Waals surface area contributed by atoms with Crippen molar-refractivity contribution in [3.63, 3.8) is 0 Å². The molecule has 0 aromatic rings.